The standard InChI is InChI=1S/C26H26N4O5S/c1-16-2-5-18-10-23(16)34-13-24(31)27-11-17-3-6-19(7-4-17)35-22-8-9-30(12-20(22)29-25(18)32)26(33)21-14-36-15-28-21/h2-7,10,14-15,20,22H,8-9,11-13H2,1H3,(H,27,31)(H,29,32)/t20-,22-/m0/s1. The lowest BCUT2D eigenvalue weighted by Gasteiger charge is -2.38. The van der Waals surface area contributed by atoms with E-state index in [0.717, 1.165) is 11.1 Å². The lowest BCUT2D eigenvalue weighted by Crippen LogP contribution is -2.58. The van der Waals surface area contributed by atoms with Gasteiger partial charge >= 0.3 is 0 Å². The van der Waals surface area contributed by atoms with Crippen LogP contribution in [-0.4, -0.2) is 59.4 Å². The van der Waals surface area contributed by atoms with Crippen LogP contribution >= 0.6 is 11.3 Å². The second-order valence-electron chi connectivity index (χ2n) is 8.84. The van der Waals surface area contributed by atoms with E-state index < -0.39 is 6.04 Å². The topological polar surface area (TPSA) is 110 Å². The average molecular weight is 507 g/mol. The first kappa shape index (κ1) is 23.8. The van der Waals surface area contributed by atoms with E-state index in [-0.39, 0.29) is 30.4 Å². The Balaban J connectivity index is 1.44. The Hall–Kier alpha value is -3.92. The Morgan fingerprint density at radius 1 is 1.17 bits per heavy atom. The van der Waals surface area contributed by atoms with Gasteiger partial charge in [0.05, 0.1) is 11.6 Å². The molecule has 3 aromatic rings. The number of nitrogens with one attached hydrogen (secondary N) is 2. The van der Waals surface area contributed by atoms with E-state index in [1.807, 2.05) is 31.2 Å². The molecule has 0 radical (unpaired) electrons. The number of aryl methyl sites for hydroxylation is 1. The van der Waals surface area contributed by atoms with Crippen molar-refractivity contribution in [3.05, 3.63) is 75.7 Å². The van der Waals surface area contributed by atoms with Crippen LogP contribution in [0.1, 0.15) is 38.4 Å². The van der Waals surface area contributed by atoms with Crippen LogP contribution in [0, 0.1) is 6.92 Å². The van der Waals surface area contributed by atoms with E-state index in [1.54, 1.807) is 34.0 Å². The van der Waals surface area contributed by atoms with Gasteiger partial charge in [-0.25, -0.2) is 4.98 Å². The molecule has 6 rings (SSSR count). The van der Waals surface area contributed by atoms with Gasteiger partial charge in [0.25, 0.3) is 17.7 Å². The molecule has 0 spiro atoms. The van der Waals surface area contributed by atoms with Crippen LogP contribution in [-0.2, 0) is 11.3 Å². The molecule has 3 aliphatic heterocycles. The highest BCUT2D eigenvalue weighted by Gasteiger charge is 2.35. The number of hydrogen-bond donors (Lipinski definition) is 2. The molecule has 1 fully saturated rings. The summed E-state index contributed by atoms with van der Waals surface area (Å²) < 4.78 is 12.0. The molecule has 36 heavy (non-hydrogen) atoms. The minimum Gasteiger partial charge on any atom is -0.488 e. The maximum Gasteiger partial charge on any atom is 0.273 e. The smallest absolute Gasteiger partial charge is 0.273 e. The number of likely N-dealkylation sites (tertiary alicyclic amines) is 1. The number of thiazole rings is 1. The van der Waals surface area contributed by atoms with Crippen molar-refractivity contribution in [1.29, 1.82) is 0 Å². The van der Waals surface area contributed by atoms with Crippen molar-refractivity contribution in [1.82, 2.24) is 20.5 Å². The molecule has 4 heterocycles. The number of ether oxygens (including phenoxy) is 2. The van der Waals surface area contributed by atoms with Crippen LogP contribution in [0.15, 0.2) is 53.4 Å². The summed E-state index contributed by atoms with van der Waals surface area (Å²) >= 11 is 1.37. The number of benzene rings is 2. The van der Waals surface area contributed by atoms with E-state index in [2.05, 4.69) is 15.6 Å². The van der Waals surface area contributed by atoms with Crippen molar-refractivity contribution in [3.63, 3.8) is 0 Å². The zero-order valence-electron chi connectivity index (χ0n) is 19.7. The largest absolute Gasteiger partial charge is 0.488 e. The number of amides is 3. The first-order chi connectivity index (χ1) is 17.5. The lowest BCUT2D eigenvalue weighted by atomic mass is 10.0. The lowest BCUT2D eigenvalue weighted by molar-refractivity contribution is -0.123. The van der Waals surface area contributed by atoms with Crippen molar-refractivity contribution in [2.24, 2.45) is 0 Å². The summed E-state index contributed by atoms with van der Waals surface area (Å²) in [5.74, 6) is 0.372. The number of piperidine rings is 1. The van der Waals surface area contributed by atoms with Crippen molar-refractivity contribution in [3.8, 4) is 11.5 Å². The molecule has 10 heteroatoms. The number of rotatable bonds is 1. The molecule has 0 saturated carbocycles. The highest BCUT2D eigenvalue weighted by Crippen LogP contribution is 2.24. The maximum atomic E-state index is 13.3. The molecule has 3 amide bonds. The van der Waals surface area contributed by atoms with Crippen LogP contribution in [0.2, 0.25) is 0 Å². The number of fused-ring (bicyclic) bond motifs is 7. The molecule has 2 aromatic carbocycles. The summed E-state index contributed by atoms with van der Waals surface area (Å²) in [5.41, 5.74) is 4.15. The fourth-order valence-corrected chi connectivity index (χ4v) is 4.80. The zero-order valence-corrected chi connectivity index (χ0v) is 20.5. The van der Waals surface area contributed by atoms with Gasteiger partial charge in [-0.1, -0.05) is 18.2 Å². The molecular formula is C26H26N4O5S. The molecule has 186 valence electrons. The number of hydrogen-bond acceptors (Lipinski definition) is 7. The van der Waals surface area contributed by atoms with Crippen molar-refractivity contribution >= 4 is 29.1 Å². The summed E-state index contributed by atoms with van der Waals surface area (Å²) in [6.07, 6.45) is 0.205. The van der Waals surface area contributed by atoms with Gasteiger partial charge in [-0.05, 0) is 42.3 Å². The van der Waals surface area contributed by atoms with Crippen LogP contribution in [0.25, 0.3) is 0 Å². The van der Waals surface area contributed by atoms with Gasteiger partial charge in [0, 0.05) is 37.0 Å². The Bertz CT molecular complexity index is 1260. The number of aromatic nitrogens is 1. The number of carbonyl (C=O) groups excluding carboxylic acids is 3. The minimum absolute atomic E-state index is 0.161. The first-order valence-electron chi connectivity index (χ1n) is 11.7. The molecule has 1 saturated heterocycles. The summed E-state index contributed by atoms with van der Waals surface area (Å²) in [6.45, 7) is 2.83. The van der Waals surface area contributed by atoms with Crippen molar-refractivity contribution in [2.75, 3.05) is 19.7 Å². The van der Waals surface area contributed by atoms with Gasteiger partial charge in [0.15, 0.2) is 6.61 Å². The average Bonchev–Trinajstić information content (AvgIpc) is 3.43. The summed E-state index contributed by atoms with van der Waals surface area (Å²) in [7, 11) is 0. The summed E-state index contributed by atoms with van der Waals surface area (Å²) in [5, 5.41) is 7.62. The molecule has 1 aromatic heterocycles. The Morgan fingerprint density at radius 2 is 2.00 bits per heavy atom. The number of nitrogens with zero attached hydrogens (tertiary/aromatic N) is 2. The third-order valence-electron chi connectivity index (χ3n) is 6.31. The van der Waals surface area contributed by atoms with Gasteiger partial charge in [-0.3, -0.25) is 14.4 Å². The highest BCUT2D eigenvalue weighted by atomic mass is 32.1. The second kappa shape index (κ2) is 10.4. The van der Waals surface area contributed by atoms with Gasteiger partial charge in [0.1, 0.15) is 23.3 Å². The SMILES string of the molecule is Cc1ccc2cc1OCC(=O)NCc1ccc(cc1)O[C@H]1CCN(C(=O)c3cscn3)C[C@@H]1NC2=O. The van der Waals surface area contributed by atoms with Gasteiger partial charge < -0.3 is 25.0 Å². The van der Waals surface area contributed by atoms with Crippen LogP contribution in [0.3, 0.4) is 0 Å². The van der Waals surface area contributed by atoms with E-state index >= 15 is 0 Å². The Labute approximate surface area is 212 Å². The third-order valence-corrected chi connectivity index (χ3v) is 6.90. The molecule has 3 aliphatic rings. The molecular weight excluding hydrogens is 480 g/mol. The van der Waals surface area contributed by atoms with Crippen LogP contribution in [0.5, 0.6) is 11.5 Å². The maximum absolute atomic E-state index is 13.3. The normalized spacial score (nSPS) is 20.3. The summed E-state index contributed by atoms with van der Waals surface area (Å²) in [6, 6.07) is 12.1. The first-order valence-corrected chi connectivity index (χ1v) is 12.6. The predicted octanol–water partition coefficient (Wildman–Crippen LogP) is 2.55. The fraction of sp³-hybridized carbons (Fsp3) is 0.308. The van der Waals surface area contributed by atoms with Crippen molar-refractivity contribution < 1.29 is 23.9 Å². The van der Waals surface area contributed by atoms with Gasteiger partial charge in [-0.2, -0.15) is 0 Å². The van der Waals surface area contributed by atoms with Crippen LogP contribution < -0.4 is 20.1 Å². The predicted molar refractivity (Wildman–Crippen MR) is 133 cm³/mol. The zero-order chi connectivity index (χ0) is 25.1. The molecule has 0 unspecified atom stereocenters. The Kier molecular flexibility index (Phi) is 6.86. The second-order valence-corrected chi connectivity index (χ2v) is 9.56. The van der Waals surface area contributed by atoms with Crippen molar-refractivity contribution in [2.45, 2.75) is 32.0 Å². The summed E-state index contributed by atoms with van der Waals surface area (Å²) in [4.78, 5) is 44.3. The van der Waals surface area contributed by atoms with Gasteiger partial charge in [-0.15, -0.1) is 11.3 Å². The Morgan fingerprint density at radius 3 is 2.78 bits per heavy atom. The van der Waals surface area contributed by atoms with Gasteiger partial charge in [0.2, 0.25) is 0 Å². The molecule has 0 aliphatic carbocycles. The van der Waals surface area contributed by atoms with E-state index in [4.69, 9.17) is 9.47 Å². The minimum atomic E-state index is -0.446. The number of carbonyl (C=O) groups is 3. The van der Waals surface area contributed by atoms with E-state index in [9.17, 15) is 14.4 Å². The molecule has 2 atom stereocenters. The molecule has 9 nitrogen and oxygen atoms in total. The highest BCUT2D eigenvalue weighted by molar-refractivity contribution is 7.07. The van der Waals surface area contributed by atoms with E-state index in [1.165, 1.54) is 11.3 Å². The third kappa shape index (κ3) is 5.33. The quantitative estimate of drug-likeness (QED) is 0.525. The van der Waals surface area contributed by atoms with E-state index in [0.29, 0.717) is 48.8 Å². The molecule has 4 bridgehead atoms. The fourth-order valence-electron chi connectivity index (χ4n) is 4.28. The monoisotopic (exact) mass is 506 g/mol. The molecule has 2 N–H and O–H groups in total. The van der Waals surface area contributed by atoms with Crippen LogP contribution in [0.4, 0.5) is 0 Å².